The molecule has 0 atom stereocenters. The zero-order chi connectivity index (χ0) is 19.6. The molecule has 8 heteroatoms. The van der Waals surface area contributed by atoms with Crippen molar-refractivity contribution in [2.75, 3.05) is 12.9 Å². The van der Waals surface area contributed by atoms with Crippen LogP contribution in [-0.4, -0.2) is 31.8 Å². The van der Waals surface area contributed by atoms with Gasteiger partial charge >= 0.3 is 0 Å². The predicted molar refractivity (Wildman–Crippen MR) is 106 cm³/mol. The number of carbonyl (C=O) groups is 1. The SMILES string of the molecule is CCS(=O)(=O)c1ccc(CC(=O)N=c2sc3cccc(OC)c3n2C)cc1. The van der Waals surface area contributed by atoms with Crippen molar-refractivity contribution in [3.05, 3.63) is 52.8 Å². The molecule has 0 aliphatic rings. The topological polar surface area (TPSA) is 77.7 Å². The van der Waals surface area contributed by atoms with Gasteiger partial charge in [-0.1, -0.05) is 36.5 Å². The van der Waals surface area contributed by atoms with Gasteiger partial charge in [-0.25, -0.2) is 8.42 Å². The van der Waals surface area contributed by atoms with E-state index in [1.807, 2.05) is 29.8 Å². The number of amides is 1. The third kappa shape index (κ3) is 3.96. The van der Waals surface area contributed by atoms with Crippen molar-refractivity contribution in [1.82, 2.24) is 4.57 Å². The maximum absolute atomic E-state index is 12.4. The van der Waals surface area contributed by atoms with Crippen LogP contribution in [0.1, 0.15) is 12.5 Å². The van der Waals surface area contributed by atoms with Crippen LogP contribution in [0.5, 0.6) is 5.75 Å². The highest BCUT2D eigenvalue weighted by molar-refractivity contribution is 7.91. The van der Waals surface area contributed by atoms with E-state index in [2.05, 4.69) is 4.99 Å². The van der Waals surface area contributed by atoms with Crippen LogP contribution >= 0.6 is 11.3 Å². The zero-order valence-corrected chi connectivity index (χ0v) is 16.9. The molecule has 1 aromatic heterocycles. The smallest absolute Gasteiger partial charge is 0.252 e. The van der Waals surface area contributed by atoms with E-state index < -0.39 is 9.84 Å². The Morgan fingerprint density at radius 2 is 1.89 bits per heavy atom. The van der Waals surface area contributed by atoms with E-state index in [4.69, 9.17) is 4.74 Å². The number of para-hydroxylation sites is 1. The summed E-state index contributed by atoms with van der Waals surface area (Å²) in [5, 5.41) is 0. The lowest BCUT2D eigenvalue weighted by Gasteiger charge is -2.03. The Bertz CT molecular complexity index is 1160. The van der Waals surface area contributed by atoms with Gasteiger partial charge < -0.3 is 9.30 Å². The maximum Gasteiger partial charge on any atom is 0.252 e. The number of carbonyl (C=O) groups excluding carboxylic acids is 1. The minimum Gasteiger partial charge on any atom is -0.495 e. The lowest BCUT2D eigenvalue weighted by atomic mass is 10.1. The third-order valence-electron chi connectivity index (χ3n) is 4.24. The van der Waals surface area contributed by atoms with E-state index in [0.717, 1.165) is 21.5 Å². The lowest BCUT2D eigenvalue weighted by molar-refractivity contribution is -0.117. The van der Waals surface area contributed by atoms with Gasteiger partial charge in [0.1, 0.15) is 11.3 Å². The van der Waals surface area contributed by atoms with E-state index in [9.17, 15) is 13.2 Å². The molecule has 3 aromatic rings. The van der Waals surface area contributed by atoms with Crippen LogP contribution in [0, 0.1) is 0 Å². The van der Waals surface area contributed by atoms with Crippen LogP contribution in [0.2, 0.25) is 0 Å². The number of rotatable bonds is 5. The summed E-state index contributed by atoms with van der Waals surface area (Å²) in [5.41, 5.74) is 1.62. The van der Waals surface area contributed by atoms with Crippen molar-refractivity contribution in [3.8, 4) is 5.75 Å². The molecule has 0 saturated heterocycles. The molecule has 2 aromatic carbocycles. The molecule has 3 rings (SSSR count). The highest BCUT2D eigenvalue weighted by atomic mass is 32.2. The summed E-state index contributed by atoms with van der Waals surface area (Å²) in [4.78, 5) is 17.5. The summed E-state index contributed by atoms with van der Waals surface area (Å²) < 4.78 is 31.9. The Hall–Kier alpha value is -2.45. The summed E-state index contributed by atoms with van der Waals surface area (Å²) in [7, 11) is 0.212. The van der Waals surface area contributed by atoms with Gasteiger partial charge in [0.2, 0.25) is 0 Å². The highest BCUT2D eigenvalue weighted by Gasteiger charge is 2.12. The molecule has 0 fully saturated rings. The highest BCUT2D eigenvalue weighted by Crippen LogP contribution is 2.26. The van der Waals surface area contributed by atoms with Gasteiger partial charge in [0, 0.05) is 7.05 Å². The van der Waals surface area contributed by atoms with Crippen LogP contribution in [0.3, 0.4) is 0 Å². The molecule has 0 aliphatic heterocycles. The van der Waals surface area contributed by atoms with Crippen molar-refractivity contribution >= 4 is 37.3 Å². The fraction of sp³-hybridized carbons (Fsp3) is 0.263. The van der Waals surface area contributed by atoms with Crippen molar-refractivity contribution in [3.63, 3.8) is 0 Å². The third-order valence-corrected chi connectivity index (χ3v) is 7.09. The molecule has 0 spiro atoms. The first-order valence-corrected chi connectivity index (χ1v) is 10.8. The molecule has 142 valence electrons. The minimum atomic E-state index is -3.24. The number of aryl methyl sites for hydroxylation is 1. The predicted octanol–water partition coefficient (Wildman–Crippen LogP) is 2.71. The summed E-state index contributed by atoms with van der Waals surface area (Å²) in [6.45, 7) is 1.60. The second-order valence-electron chi connectivity index (χ2n) is 5.98. The average Bonchev–Trinajstić information content (AvgIpc) is 2.97. The largest absolute Gasteiger partial charge is 0.495 e. The van der Waals surface area contributed by atoms with E-state index in [1.165, 1.54) is 23.5 Å². The number of benzene rings is 2. The summed E-state index contributed by atoms with van der Waals surface area (Å²) >= 11 is 1.42. The van der Waals surface area contributed by atoms with Gasteiger partial charge in [0.05, 0.1) is 28.9 Å². The summed E-state index contributed by atoms with van der Waals surface area (Å²) in [6.07, 6.45) is 0.109. The first-order chi connectivity index (χ1) is 12.9. The number of nitrogens with zero attached hydrogens (tertiary/aromatic N) is 2. The second kappa shape index (κ2) is 7.66. The Morgan fingerprint density at radius 3 is 2.52 bits per heavy atom. The lowest BCUT2D eigenvalue weighted by Crippen LogP contribution is -2.14. The molecule has 0 saturated carbocycles. The van der Waals surface area contributed by atoms with Crippen molar-refractivity contribution < 1.29 is 17.9 Å². The van der Waals surface area contributed by atoms with Gasteiger partial charge in [-0.3, -0.25) is 4.79 Å². The van der Waals surface area contributed by atoms with E-state index >= 15 is 0 Å². The van der Waals surface area contributed by atoms with Crippen molar-refractivity contribution in [2.24, 2.45) is 12.0 Å². The summed E-state index contributed by atoms with van der Waals surface area (Å²) in [5.74, 6) is 0.488. The van der Waals surface area contributed by atoms with Crippen LogP contribution in [0.15, 0.2) is 52.4 Å². The van der Waals surface area contributed by atoms with Gasteiger partial charge in [-0.05, 0) is 29.8 Å². The first-order valence-electron chi connectivity index (χ1n) is 8.37. The first kappa shape index (κ1) is 19.3. The Balaban J connectivity index is 1.87. The molecule has 6 nitrogen and oxygen atoms in total. The standard InChI is InChI=1S/C19H20N2O4S2/c1-4-27(23,24)14-10-8-13(9-11-14)12-17(22)20-19-21(2)18-15(25-3)6-5-7-16(18)26-19/h5-11H,4,12H2,1-3H3. The van der Waals surface area contributed by atoms with Crippen LogP contribution in [-0.2, 0) is 28.1 Å². The van der Waals surface area contributed by atoms with E-state index in [1.54, 1.807) is 26.2 Å². The van der Waals surface area contributed by atoms with Gasteiger partial charge in [-0.15, -0.1) is 0 Å². The van der Waals surface area contributed by atoms with Crippen LogP contribution < -0.4 is 9.54 Å². The number of sulfone groups is 1. The van der Waals surface area contributed by atoms with E-state index in [-0.39, 0.29) is 23.0 Å². The number of aromatic nitrogens is 1. The number of thiazole rings is 1. The normalized spacial score (nSPS) is 12.5. The fourth-order valence-electron chi connectivity index (χ4n) is 2.74. The Morgan fingerprint density at radius 1 is 1.19 bits per heavy atom. The average molecular weight is 405 g/mol. The number of hydrogen-bond donors (Lipinski definition) is 0. The second-order valence-corrected chi connectivity index (χ2v) is 9.27. The quantitative estimate of drug-likeness (QED) is 0.655. The number of hydrogen-bond acceptors (Lipinski definition) is 5. The zero-order valence-electron chi connectivity index (χ0n) is 15.3. The molecule has 1 heterocycles. The number of methoxy groups -OCH3 is 1. The number of ether oxygens (including phenoxy) is 1. The number of fused-ring (bicyclic) bond motifs is 1. The minimum absolute atomic E-state index is 0.0481. The molecular formula is C19H20N2O4S2. The summed E-state index contributed by atoms with van der Waals surface area (Å²) in [6, 6.07) is 12.1. The molecule has 0 aliphatic carbocycles. The fourth-order valence-corrected chi connectivity index (χ4v) is 4.68. The molecule has 1 amide bonds. The molecular weight excluding hydrogens is 384 g/mol. The molecule has 0 unspecified atom stereocenters. The van der Waals surface area contributed by atoms with Crippen molar-refractivity contribution in [2.45, 2.75) is 18.2 Å². The van der Waals surface area contributed by atoms with E-state index in [0.29, 0.717) is 4.80 Å². The van der Waals surface area contributed by atoms with Crippen LogP contribution in [0.4, 0.5) is 0 Å². The van der Waals surface area contributed by atoms with Gasteiger partial charge in [0.25, 0.3) is 5.91 Å². The van der Waals surface area contributed by atoms with Crippen molar-refractivity contribution in [1.29, 1.82) is 0 Å². The Kier molecular flexibility index (Phi) is 5.48. The molecule has 27 heavy (non-hydrogen) atoms. The molecule has 0 N–H and O–H groups in total. The monoisotopic (exact) mass is 404 g/mol. The Labute approximate surface area is 161 Å². The van der Waals surface area contributed by atoms with Gasteiger partial charge in [-0.2, -0.15) is 4.99 Å². The molecule has 0 radical (unpaired) electrons. The van der Waals surface area contributed by atoms with Crippen LogP contribution in [0.25, 0.3) is 10.2 Å². The maximum atomic E-state index is 12.4. The molecule has 0 bridgehead atoms. The van der Waals surface area contributed by atoms with Gasteiger partial charge in [0.15, 0.2) is 14.6 Å².